The van der Waals surface area contributed by atoms with Gasteiger partial charge >= 0.3 is 5.97 Å². The number of esters is 1. The summed E-state index contributed by atoms with van der Waals surface area (Å²) >= 11 is 3.35. The minimum atomic E-state index is -0.589. The number of carbonyl (C=O) groups is 1. The van der Waals surface area contributed by atoms with Crippen LogP contribution in [0.4, 0.5) is 0 Å². The lowest BCUT2D eigenvalue weighted by Crippen LogP contribution is -2.06. The van der Waals surface area contributed by atoms with E-state index in [0.717, 1.165) is 10.0 Å². The highest BCUT2D eigenvalue weighted by molar-refractivity contribution is 9.10. The number of carbonyl (C=O) groups excluding carboxylic acids is 1. The van der Waals surface area contributed by atoms with Crippen molar-refractivity contribution >= 4 is 21.9 Å². The predicted molar refractivity (Wildman–Crippen MR) is 71.5 cm³/mol. The van der Waals surface area contributed by atoms with Gasteiger partial charge in [-0.15, -0.1) is 0 Å². The topological polar surface area (TPSA) is 55.8 Å². The molecule has 1 unspecified atom stereocenters. The molecule has 0 spiro atoms. The van der Waals surface area contributed by atoms with Gasteiger partial charge in [-0.2, -0.15) is 0 Å². The first-order valence-electron chi connectivity index (χ1n) is 5.71. The monoisotopic (exact) mass is 316 g/mol. The van der Waals surface area contributed by atoms with Gasteiger partial charge in [-0.25, -0.2) is 0 Å². The molecule has 1 rings (SSSR count). The molecule has 1 N–H and O–H groups in total. The van der Waals surface area contributed by atoms with Gasteiger partial charge in [0.2, 0.25) is 0 Å². The Bertz CT molecular complexity index is 404. The maximum atomic E-state index is 10.9. The van der Waals surface area contributed by atoms with Crippen LogP contribution in [0.25, 0.3) is 0 Å². The maximum Gasteiger partial charge on any atom is 0.305 e. The lowest BCUT2D eigenvalue weighted by molar-refractivity contribution is -0.140. The summed E-state index contributed by atoms with van der Waals surface area (Å²) in [6.07, 6.45) is 0.321. The van der Waals surface area contributed by atoms with Gasteiger partial charge in [0.15, 0.2) is 0 Å². The molecule has 1 atom stereocenters. The van der Waals surface area contributed by atoms with E-state index in [1.807, 2.05) is 12.1 Å². The lowest BCUT2D eigenvalue weighted by atomic mass is 10.1. The summed E-state index contributed by atoms with van der Waals surface area (Å²) in [4.78, 5) is 10.9. The average molecular weight is 317 g/mol. The number of aliphatic hydroxyl groups excluding tert-OH is 1. The molecule has 1 aromatic rings. The van der Waals surface area contributed by atoms with Crippen molar-refractivity contribution in [3.8, 4) is 5.75 Å². The molecule has 4 nitrogen and oxygen atoms in total. The fourth-order valence-electron chi connectivity index (χ4n) is 1.48. The summed E-state index contributed by atoms with van der Waals surface area (Å²) < 4.78 is 11.0. The van der Waals surface area contributed by atoms with Crippen molar-refractivity contribution in [3.63, 3.8) is 0 Å². The smallest absolute Gasteiger partial charge is 0.305 e. The molecule has 0 bridgehead atoms. The van der Waals surface area contributed by atoms with Crippen LogP contribution in [-0.4, -0.2) is 24.8 Å². The first-order chi connectivity index (χ1) is 8.54. The summed E-state index contributed by atoms with van der Waals surface area (Å²) in [5, 5.41) is 9.61. The van der Waals surface area contributed by atoms with Gasteiger partial charge in [-0.05, 0) is 25.5 Å². The number of benzene rings is 1. The molecule has 0 aromatic heterocycles. The van der Waals surface area contributed by atoms with E-state index in [-0.39, 0.29) is 5.97 Å². The Morgan fingerprint density at radius 2 is 2.22 bits per heavy atom. The molecule has 100 valence electrons. The predicted octanol–water partition coefficient (Wildman–Crippen LogP) is 2.83. The van der Waals surface area contributed by atoms with Gasteiger partial charge in [0.1, 0.15) is 5.75 Å². The summed E-state index contributed by atoms with van der Waals surface area (Å²) in [7, 11) is 1.36. The molecule has 18 heavy (non-hydrogen) atoms. The maximum absolute atomic E-state index is 10.9. The molecule has 0 aliphatic carbocycles. The Morgan fingerprint density at radius 3 is 2.83 bits per heavy atom. The number of hydrogen-bond acceptors (Lipinski definition) is 4. The second-order valence-electron chi connectivity index (χ2n) is 3.89. The van der Waals surface area contributed by atoms with Crippen LogP contribution in [-0.2, 0) is 9.53 Å². The number of rotatable bonds is 6. The molecule has 1 aromatic carbocycles. The van der Waals surface area contributed by atoms with Gasteiger partial charge in [0.25, 0.3) is 0 Å². The molecule has 0 radical (unpaired) electrons. The van der Waals surface area contributed by atoms with Crippen LogP contribution < -0.4 is 4.74 Å². The Balaban J connectivity index is 2.55. The van der Waals surface area contributed by atoms with Crippen molar-refractivity contribution in [1.82, 2.24) is 0 Å². The highest BCUT2D eigenvalue weighted by Gasteiger charge is 2.10. The summed E-state index contributed by atoms with van der Waals surface area (Å²) in [5.74, 6) is 0.382. The SMILES string of the molecule is COC(=O)CCCOc1cc(Br)ccc1C(C)O. The van der Waals surface area contributed by atoms with Crippen molar-refractivity contribution in [2.24, 2.45) is 0 Å². The second kappa shape index (κ2) is 7.38. The van der Waals surface area contributed by atoms with Gasteiger partial charge in [-0.1, -0.05) is 22.0 Å². The minimum absolute atomic E-state index is 0.247. The van der Waals surface area contributed by atoms with Crippen LogP contribution >= 0.6 is 15.9 Å². The minimum Gasteiger partial charge on any atom is -0.493 e. The fourth-order valence-corrected chi connectivity index (χ4v) is 1.82. The average Bonchev–Trinajstić information content (AvgIpc) is 2.34. The highest BCUT2D eigenvalue weighted by Crippen LogP contribution is 2.28. The van der Waals surface area contributed by atoms with E-state index < -0.39 is 6.10 Å². The van der Waals surface area contributed by atoms with E-state index in [9.17, 15) is 9.90 Å². The molecule has 5 heteroatoms. The van der Waals surface area contributed by atoms with E-state index in [1.165, 1.54) is 7.11 Å². The zero-order chi connectivity index (χ0) is 13.5. The Hall–Kier alpha value is -1.07. The van der Waals surface area contributed by atoms with E-state index in [4.69, 9.17) is 4.74 Å². The number of hydrogen-bond donors (Lipinski definition) is 1. The summed E-state index contributed by atoms with van der Waals surface area (Å²) in [6, 6.07) is 5.47. The third-order valence-corrected chi connectivity index (χ3v) is 2.93. The van der Waals surface area contributed by atoms with Crippen LogP contribution in [0.5, 0.6) is 5.75 Å². The Kier molecular flexibility index (Phi) is 6.15. The van der Waals surface area contributed by atoms with E-state index in [1.54, 1.807) is 13.0 Å². The zero-order valence-corrected chi connectivity index (χ0v) is 12.1. The molecule has 0 saturated carbocycles. The lowest BCUT2D eigenvalue weighted by Gasteiger charge is -2.13. The van der Waals surface area contributed by atoms with Gasteiger partial charge in [0.05, 0.1) is 19.8 Å². The van der Waals surface area contributed by atoms with Gasteiger partial charge in [-0.3, -0.25) is 4.79 Å². The molecule has 0 fully saturated rings. The van der Waals surface area contributed by atoms with Crippen molar-refractivity contribution in [2.75, 3.05) is 13.7 Å². The third kappa shape index (κ3) is 4.66. The zero-order valence-electron chi connectivity index (χ0n) is 10.5. The Morgan fingerprint density at radius 1 is 1.50 bits per heavy atom. The number of aliphatic hydroxyl groups is 1. The molecule has 0 aliphatic heterocycles. The molecular formula is C13H17BrO4. The van der Waals surface area contributed by atoms with E-state index in [2.05, 4.69) is 20.7 Å². The molecule has 0 heterocycles. The van der Waals surface area contributed by atoms with Gasteiger partial charge in [0, 0.05) is 16.5 Å². The van der Waals surface area contributed by atoms with Crippen LogP contribution in [0.1, 0.15) is 31.4 Å². The molecule has 0 aliphatic rings. The number of methoxy groups -OCH3 is 1. The van der Waals surface area contributed by atoms with Gasteiger partial charge < -0.3 is 14.6 Å². The number of halogens is 1. The Labute approximate surface area is 115 Å². The first-order valence-corrected chi connectivity index (χ1v) is 6.51. The summed E-state index contributed by atoms with van der Waals surface area (Å²) in [5.41, 5.74) is 0.733. The first kappa shape index (κ1) is 15.0. The quantitative estimate of drug-likeness (QED) is 0.647. The van der Waals surface area contributed by atoms with Crippen LogP contribution in [0, 0.1) is 0 Å². The number of ether oxygens (including phenoxy) is 2. The van der Waals surface area contributed by atoms with E-state index in [0.29, 0.717) is 25.2 Å². The highest BCUT2D eigenvalue weighted by atomic mass is 79.9. The standard InChI is InChI=1S/C13H17BrO4/c1-9(15)11-6-5-10(14)8-12(11)18-7-3-4-13(16)17-2/h5-6,8-9,15H,3-4,7H2,1-2H3. The van der Waals surface area contributed by atoms with Crippen LogP contribution in [0.15, 0.2) is 22.7 Å². The van der Waals surface area contributed by atoms with Crippen molar-refractivity contribution in [2.45, 2.75) is 25.9 Å². The van der Waals surface area contributed by atoms with Crippen LogP contribution in [0.2, 0.25) is 0 Å². The second-order valence-corrected chi connectivity index (χ2v) is 4.80. The van der Waals surface area contributed by atoms with Crippen molar-refractivity contribution in [3.05, 3.63) is 28.2 Å². The van der Waals surface area contributed by atoms with Crippen LogP contribution in [0.3, 0.4) is 0 Å². The fraction of sp³-hybridized carbons (Fsp3) is 0.462. The largest absolute Gasteiger partial charge is 0.493 e. The summed E-state index contributed by atoms with van der Waals surface area (Å²) in [6.45, 7) is 2.09. The third-order valence-electron chi connectivity index (χ3n) is 2.44. The van der Waals surface area contributed by atoms with Crippen molar-refractivity contribution in [1.29, 1.82) is 0 Å². The van der Waals surface area contributed by atoms with E-state index >= 15 is 0 Å². The van der Waals surface area contributed by atoms with Crippen molar-refractivity contribution < 1.29 is 19.4 Å². The molecular weight excluding hydrogens is 300 g/mol. The normalized spacial score (nSPS) is 12.0. The molecule has 0 amide bonds. The molecule has 0 saturated heterocycles.